The van der Waals surface area contributed by atoms with Crippen LogP contribution < -0.4 is 5.32 Å². The maximum Gasteiger partial charge on any atom is 0.180 e. The number of hydrogen-bond acceptors (Lipinski definition) is 4. The average molecular weight is 287 g/mol. The Balaban J connectivity index is 3.03. The van der Waals surface area contributed by atoms with E-state index in [9.17, 15) is 8.42 Å². The Morgan fingerprint density at radius 2 is 1.94 bits per heavy atom. The predicted molar refractivity (Wildman–Crippen MR) is 80.3 cm³/mol. The van der Waals surface area contributed by atoms with Gasteiger partial charge < -0.3 is 5.32 Å². The third-order valence-electron chi connectivity index (χ3n) is 2.82. The highest BCUT2D eigenvalue weighted by Gasteiger charge is 2.17. The lowest BCUT2D eigenvalue weighted by Gasteiger charge is -2.19. The average Bonchev–Trinajstić information content (AvgIpc) is 2.38. The van der Waals surface area contributed by atoms with Crippen molar-refractivity contribution >= 4 is 27.3 Å². The summed E-state index contributed by atoms with van der Waals surface area (Å²) >= 11 is 1.76. The van der Waals surface area contributed by atoms with E-state index in [-0.39, 0.29) is 5.75 Å². The second-order valence-electron chi connectivity index (χ2n) is 4.10. The molecule has 0 aliphatic carbocycles. The highest BCUT2D eigenvalue weighted by Crippen LogP contribution is 2.23. The molecule has 0 aromatic heterocycles. The van der Waals surface area contributed by atoms with Gasteiger partial charge in [0.25, 0.3) is 0 Å². The quantitative estimate of drug-likeness (QED) is 0.837. The van der Waals surface area contributed by atoms with Gasteiger partial charge in [-0.25, -0.2) is 8.42 Å². The van der Waals surface area contributed by atoms with Crippen molar-refractivity contribution in [3.63, 3.8) is 0 Å². The molecule has 1 aromatic carbocycles. The summed E-state index contributed by atoms with van der Waals surface area (Å²) in [5.41, 5.74) is 0.722. The lowest BCUT2D eigenvalue weighted by atomic mass is 10.2. The van der Waals surface area contributed by atoms with Crippen LogP contribution in [-0.2, 0) is 9.84 Å². The SMILES string of the molecule is CCC(CSC)Nc1ccccc1S(=O)(=O)CC. The Morgan fingerprint density at radius 1 is 1.28 bits per heavy atom. The zero-order chi connectivity index (χ0) is 13.6. The topological polar surface area (TPSA) is 46.2 Å². The van der Waals surface area contributed by atoms with Gasteiger partial charge >= 0.3 is 0 Å². The Labute approximate surface area is 114 Å². The fourth-order valence-corrected chi connectivity index (χ4v) is 3.48. The van der Waals surface area contributed by atoms with Gasteiger partial charge in [-0.15, -0.1) is 0 Å². The Bertz CT molecular complexity index is 472. The number of sulfone groups is 1. The van der Waals surface area contributed by atoms with Crippen molar-refractivity contribution in [2.75, 3.05) is 23.1 Å². The first-order valence-corrected chi connectivity index (χ1v) is 9.17. The van der Waals surface area contributed by atoms with E-state index in [0.717, 1.165) is 17.9 Å². The van der Waals surface area contributed by atoms with E-state index >= 15 is 0 Å². The fourth-order valence-electron chi connectivity index (χ4n) is 1.70. The summed E-state index contributed by atoms with van der Waals surface area (Å²) < 4.78 is 24.0. The predicted octanol–water partition coefficient (Wildman–Crippen LogP) is 3.03. The van der Waals surface area contributed by atoms with Crippen LogP contribution in [0.4, 0.5) is 5.69 Å². The van der Waals surface area contributed by atoms with E-state index in [1.807, 2.05) is 12.1 Å². The standard InChI is InChI=1S/C13H21NO2S2/c1-4-11(10-17-3)14-12-8-6-7-9-13(12)18(15,16)5-2/h6-9,11,14H,4-5,10H2,1-3H3. The highest BCUT2D eigenvalue weighted by atomic mass is 32.2. The van der Waals surface area contributed by atoms with E-state index < -0.39 is 9.84 Å². The van der Waals surface area contributed by atoms with Crippen molar-refractivity contribution in [2.45, 2.75) is 31.2 Å². The molecule has 1 atom stereocenters. The molecular formula is C13H21NO2S2. The van der Waals surface area contributed by atoms with Crippen LogP contribution in [0.5, 0.6) is 0 Å². The summed E-state index contributed by atoms with van der Waals surface area (Å²) in [6, 6.07) is 7.44. The Hall–Kier alpha value is -0.680. The van der Waals surface area contributed by atoms with E-state index in [1.165, 1.54) is 0 Å². The van der Waals surface area contributed by atoms with Gasteiger partial charge in [0.2, 0.25) is 0 Å². The third kappa shape index (κ3) is 3.92. The van der Waals surface area contributed by atoms with Crippen LogP contribution in [0.3, 0.4) is 0 Å². The second-order valence-corrected chi connectivity index (χ2v) is 7.26. The molecule has 1 aromatic rings. The number of nitrogens with one attached hydrogen (secondary N) is 1. The summed E-state index contributed by atoms with van der Waals surface area (Å²) in [7, 11) is -3.17. The van der Waals surface area contributed by atoms with Crippen LogP contribution in [0.25, 0.3) is 0 Å². The molecule has 0 saturated carbocycles. The molecule has 0 aliphatic rings. The van der Waals surface area contributed by atoms with Crippen molar-refractivity contribution in [1.82, 2.24) is 0 Å². The minimum atomic E-state index is -3.17. The summed E-state index contributed by atoms with van der Waals surface area (Å²) in [6.07, 6.45) is 3.03. The first kappa shape index (κ1) is 15.4. The first-order chi connectivity index (χ1) is 8.55. The van der Waals surface area contributed by atoms with Crippen LogP contribution in [0, 0.1) is 0 Å². The van der Waals surface area contributed by atoms with Crippen LogP contribution in [-0.4, -0.2) is 32.2 Å². The molecule has 1 unspecified atom stereocenters. The van der Waals surface area contributed by atoms with Gasteiger partial charge in [-0.2, -0.15) is 11.8 Å². The van der Waals surface area contributed by atoms with Crippen LogP contribution in [0.2, 0.25) is 0 Å². The molecule has 1 N–H and O–H groups in total. The number of para-hydroxylation sites is 1. The third-order valence-corrected chi connectivity index (χ3v) is 5.34. The van der Waals surface area contributed by atoms with E-state index in [1.54, 1.807) is 30.8 Å². The molecule has 0 aliphatic heterocycles. The molecule has 18 heavy (non-hydrogen) atoms. The first-order valence-electron chi connectivity index (χ1n) is 6.12. The molecule has 1 rings (SSSR count). The van der Waals surface area contributed by atoms with Gasteiger partial charge in [0.15, 0.2) is 9.84 Å². The van der Waals surface area contributed by atoms with Crippen molar-refractivity contribution in [2.24, 2.45) is 0 Å². The zero-order valence-corrected chi connectivity index (χ0v) is 12.8. The fraction of sp³-hybridized carbons (Fsp3) is 0.538. The lowest BCUT2D eigenvalue weighted by Crippen LogP contribution is -2.22. The number of rotatable bonds is 7. The number of thioether (sulfide) groups is 1. The molecule has 0 bridgehead atoms. The molecule has 0 amide bonds. The van der Waals surface area contributed by atoms with Crippen molar-refractivity contribution in [1.29, 1.82) is 0 Å². The van der Waals surface area contributed by atoms with E-state index in [4.69, 9.17) is 0 Å². The number of hydrogen-bond donors (Lipinski definition) is 1. The van der Waals surface area contributed by atoms with Crippen LogP contribution in [0.15, 0.2) is 29.2 Å². The van der Waals surface area contributed by atoms with E-state index in [2.05, 4.69) is 18.5 Å². The minimum Gasteiger partial charge on any atom is -0.380 e. The van der Waals surface area contributed by atoms with Crippen LogP contribution in [0.1, 0.15) is 20.3 Å². The molecule has 102 valence electrons. The van der Waals surface area contributed by atoms with E-state index in [0.29, 0.717) is 10.9 Å². The summed E-state index contributed by atoms with van der Waals surface area (Å²) in [4.78, 5) is 0.409. The van der Waals surface area contributed by atoms with Gasteiger partial charge in [-0.3, -0.25) is 0 Å². The monoisotopic (exact) mass is 287 g/mol. The minimum absolute atomic E-state index is 0.130. The van der Waals surface area contributed by atoms with Crippen molar-refractivity contribution < 1.29 is 8.42 Å². The number of benzene rings is 1. The molecule has 0 saturated heterocycles. The van der Waals surface area contributed by atoms with Crippen molar-refractivity contribution in [3.8, 4) is 0 Å². The Kier molecular flexibility index (Phi) is 6.02. The Morgan fingerprint density at radius 3 is 2.50 bits per heavy atom. The highest BCUT2D eigenvalue weighted by molar-refractivity contribution is 7.98. The van der Waals surface area contributed by atoms with Gasteiger partial charge in [0, 0.05) is 11.8 Å². The summed E-state index contributed by atoms with van der Waals surface area (Å²) in [5, 5.41) is 3.34. The summed E-state index contributed by atoms with van der Waals surface area (Å²) in [5.74, 6) is 1.10. The second kappa shape index (κ2) is 7.04. The van der Waals surface area contributed by atoms with Crippen molar-refractivity contribution in [3.05, 3.63) is 24.3 Å². The molecule has 0 heterocycles. The largest absolute Gasteiger partial charge is 0.380 e. The lowest BCUT2D eigenvalue weighted by molar-refractivity contribution is 0.597. The molecule has 5 heteroatoms. The normalized spacial score (nSPS) is 13.3. The molecule has 3 nitrogen and oxygen atoms in total. The van der Waals surface area contributed by atoms with Crippen LogP contribution >= 0.6 is 11.8 Å². The van der Waals surface area contributed by atoms with Gasteiger partial charge in [-0.05, 0) is 24.8 Å². The smallest absolute Gasteiger partial charge is 0.180 e. The zero-order valence-electron chi connectivity index (χ0n) is 11.1. The van der Waals surface area contributed by atoms with Gasteiger partial charge in [-0.1, -0.05) is 26.0 Å². The molecular weight excluding hydrogens is 266 g/mol. The molecule has 0 fully saturated rings. The maximum absolute atomic E-state index is 12.0. The molecule has 0 radical (unpaired) electrons. The number of anilines is 1. The van der Waals surface area contributed by atoms with Gasteiger partial charge in [0.1, 0.15) is 0 Å². The summed E-state index contributed by atoms with van der Waals surface area (Å²) in [6.45, 7) is 3.77. The van der Waals surface area contributed by atoms with Gasteiger partial charge in [0.05, 0.1) is 16.3 Å². The molecule has 0 spiro atoms. The maximum atomic E-state index is 12.0.